The van der Waals surface area contributed by atoms with Crippen molar-refractivity contribution in [3.05, 3.63) is 0 Å². The first kappa shape index (κ1) is 26.1. The molecule has 0 aromatic rings. The van der Waals surface area contributed by atoms with Gasteiger partial charge >= 0.3 is 0 Å². The van der Waals surface area contributed by atoms with Crippen LogP contribution in [0.1, 0.15) is 117 Å². The van der Waals surface area contributed by atoms with E-state index in [2.05, 4.69) is 13.8 Å². The van der Waals surface area contributed by atoms with Crippen molar-refractivity contribution >= 4 is 15.1 Å². The summed E-state index contributed by atoms with van der Waals surface area (Å²) < 4.78 is 0. The van der Waals surface area contributed by atoms with Gasteiger partial charge in [-0.3, -0.25) is 0 Å². The average molecular weight is 361 g/mol. The summed E-state index contributed by atoms with van der Waals surface area (Å²) in [5, 5.41) is 8.25. The minimum Gasteiger partial charge on any atom is -0.554 e. The standard InChI is InChI=1S/C20H43P.CH2O2/c1-3-5-7-9-10-11-12-13-14-15-16-18-20-21-19-17-8-6-4-2;2-1-3/h21H,3-20H2,1-2H3;1H,(H,2,3). The van der Waals surface area contributed by atoms with E-state index in [0.29, 0.717) is 0 Å². The van der Waals surface area contributed by atoms with Gasteiger partial charge in [0, 0.05) is 6.47 Å². The molecule has 2 nitrogen and oxygen atoms in total. The van der Waals surface area contributed by atoms with Gasteiger partial charge in [-0.25, -0.2) is 0 Å². The highest BCUT2D eigenvalue weighted by Gasteiger charge is 1.97. The van der Waals surface area contributed by atoms with Crippen LogP contribution in [0.25, 0.3) is 0 Å². The molecule has 1 atom stereocenters. The molecule has 1 unspecified atom stereocenters. The van der Waals surface area contributed by atoms with Gasteiger partial charge in [0.15, 0.2) is 0 Å². The summed E-state index contributed by atoms with van der Waals surface area (Å²) in [4.78, 5) is 8.25. The van der Waals surface area contributed by atoms with E-state index in [9.17, 15) is 0 Å². The maximum Gasteiger partial charge on any atom is 0.0549 e. The Morgan fingerprint density at radius 3 is 1.17 bits per heavy atom. The summed E-state index contributed by atoms with van der Waals surface area (Å²) >= 11 is 0. The van der Waals surface area contributed by atoms with E-state index >= 15 is 0 Å². The van der Waals surface area contributed by atoms with E-state index < -0.39 is 6.47 Å². The molecule has 0 aromatic heterocycles. The topological polar surface area (TPSA) is 40.1 Å². The highest BCUT2D eigenvalue weighted by Crippen LogP contribution is 2.18. The largest absolute Gasteiger partial charge is 0.554 e. The number of unbranched alkanes of at least 4 members (excludes halogenated alkanes) is 14. The zero-order valence-corrected chi connectivity index (χ0v) is 17.9. The van der Waals surface area contributed by atoms with Crippen molar-refractivity contribution in [2.45, 2.75) is 117 Å². The van der Waals surface area contributed by atoms with Gasteiger partial charge < -0.3 is 9.90 Å². The Morgan fingerprint density at radius 1 is 0.583 bits per heavy atom. The third kappa shape index (κ3) is 29.9. The summed E-state index contributed by atoms with van der Waals surface area (Å²) in [5.74, 6) is 0. The Morgan fingerprint density at radius 2 is 0.833 bits per heavy atom. The van der Waals surface area contributed by atoms with Crippen LogP contribution in [0.3, 0.4) is 0 Å². The number of rotatable bonds is 18. The highest BCUT2D eigenvalue weighted by atomic mass is 31.1. The summed E-state index contributed by atoms with van der Waals surface area (Å²) in [5.41, 5.74) is 0. The molecule has 146 valence electrons. The molecule has 0 saturated carbocycles. The van der Waals surface area contributed by atoms with Crippen molar-refractivity contribution in [3.63, 3.8) is 0 Å². The summed E-state index contributed by atoms with van der Waals surface area (Å²) in [7, 11) is 0.790. The van der Waals surface area contributed by atoms with E-state index in [-0.39, 0.29) is 0 Å². The van der Waals surface area contributed by atoms with Crippen LogP contribution in [0.2, 0.25) is 0 Å². The first-order valence-electron chi connectivity index (χ1n) is 10.7. The normalized spacial score (nSPS) is 10.8. The Bertz CT molecular complexity index is 192. The SMILES string of the molecule is CCCCCCCCCCCCCC[PH2+]CCCCCC.O=C[O-]. The van der Waals surface area contributed by atoms with Gasteiger partial charge in [-0.05, 0) is 34.3 Å². The second-order valence-electron chi connectivity index (χ2n) is 6.91. The number of carbonyl (C=O) groups excluding carboxylic acids is 1. The van der Waals surface area contributed by atoms with Crippen LogP contribution in [0.4, 0.5) is 0 Å². The van der Waals surface area contributed by atoms with Gasteiger partial charge in [-0.15, -0.1) is 0 Å². The zero-order chi connectivity index (χ0) is 18.1. The van der Waals surface area contributed by atoms with Crippen LogP contribution in [-0.2, 0) is 4.79 Å². The molecule has 0 fully saturated rings. The van der Waals surface area contributed by atoms with Crippen molar-refractivity contribution in [2.24, 2.45) is 0 Å². The maximum atomic E-state index is 8.25. The lowest BCUT2D eigenvalue weighted by molar-refractivity contribution is -0.283. The quantitative estimate of drug-likeness (QED) is 0.170. The van der Waals surface area contributed by atoms with Crippen LogP contribution in [0, 0.1) is 0 Å². The maximum absolute atomic E-state index is 8.25. The molecule has 0 amide bonds. The molecule has 3 heteroatoms. The molecule has 0 radical (unpaired) electrons. The molecule has 0 bridgehead atoms. The lowest BCUT2D eigenvalue weighted by atomic mass is 10.1. The fourth-order valence-electron chi connectivity index (χ4n) is 2.99. The molecule has 0 N–H and O–H groups in total. The third-order valence-electron chi connectivity index (χ3n) is 4.52. The van der Waals surface area contributed by atoms with Crippen LogP contribution >= 0.6 is 8.58 Å². The minimum atomic E-state index is -0.500. The lowest BCUT2D eigenvalue weighted by Gasteiger charge is -2.02. The van der Waals surface area contributed by atoms with E-state index in [1.54, 1.807) is 12.3 Å². The van der Waals surface area contributed by atoms with Crippen molar-refractivity contribution in [1.82, 2.24) is 0 Å². The molecule has 0 spiro atoms. The van der Waals surface area contributed by atoms with Gasteiger partial charge in [-0.1, -0.05) is 90.9 Å². The predicted octanol–water partition coefficient (Wildman–Crippen LogP) is 6.04. The Kier molecular flexibility index (Phi) is 30.2. The lowest BCUT2D eigenvalue weighted by Crippen LogP contribution is -2.01. The van der Waals surface area contributed by atoms with Crippen LogP contribution in [0.5, 0.6) is 0 Å². The summed E-state index contributed by atoms with van der Waals surface area (Å²) in [6, 6.07) is 0. The molecule has 0 aliphatic carbocycles. The van der Waals surface area contributed by atoms with Crippen LogP contribution < -0.4 is 5.11 Å². The Hall–Kier alpha value is -0.100. The van der Waals surface area contributed by atoms with Crippen molar-refractivity contribution in [3.8, 4) is 0 Å². The predicted molar refractivity (Wildman–Crippen MR) is 111 cm³/mol. The minimum absolute atomic E-state index is 0.500. The van der Waals surface area contributed by atoms with Crippen LogP contribution in [-0.4, -0.2) is 18.8 Å². The van der Waals surface area contributed by atoms with Gasteiger partial charge in [0.25, 0.3) is 0 Å². The second kappa shape index (κ2) is 27.7. The number of hydrogen-bond acceptors (Lipinski definition) is 2. The highest BCUT2D eigenvalue weighted by molar-refractivity contribution is 7.37. The smallest absolute Gasteiger partial charge is 0.0549 e. The molecule has 0 aliphatic rings. The first-order chi connectivity index (χ1) is 11.8. The first-order valence-corrected chi connectivity index (χ1v) is 12.3. The fourth-order valence-corrected chi connectivity index (χ4v) is 4.43. The third-order valence-corrected chi connectivity index (χ3v) is 6.16. The van der Waals surface area contributed by atoms with E-state index in [1.165, 1.54) is 103 Å². The van der Waals surface area contributed by atoms with Gasteiger partial charge in [-0.2, -0.15) is 0 Å². The van der Waals surface area contributed by atoms with Gasteiger partial charge in [0.2, 0.25) is 0 Å². The summed E-state index contributed by atoms with van der Waals surface area (Å²) in [6.45, 7) is 4.10. The molecule has 0 saturated heterocycles. The second-order valence-corrected chi connectivity index (χ2v) is 8.64. The molecular weight excluding hydrogens is 315 g/mol. The molecular formula is C21H45O2P. The molecule has 0 aromatic carbocycles. The van der Waals surface area contributed by atoms with Gasteiger partial charge in [0.05, 0.1) is 12.3 Å². The number of carbonyl (C=O) groups is 1. The van der Waals surface area contributed by atoms with E-state index in [1.807, 2.05) is 0 Å². The van der Waals surface area contributed by atoms with E-state index in [4.69, 9.17) is 9.90 Å². The zero-order valence-electron chi connectivity index (χ0n) is 16.7. The van der Waals surface area contributed by atoms with E-state index in [0.717, 1.165) is 8.58 Å². The van der Waals surface area contributed by atoms with Gasteiger partial charge in [0.1, 0.15) is 0 Å². The molecule has 0 rings (SSSR count). The number of hydrogen-bond donors (Lipinski definition) is 0. The molecule has 0 aliphatic heterocycles. The average Bonchev–Trinajstić information content (AvgIpc) is 2.58. The van der Waals surface area contributed by atoms with Crippen molar-refractivity contribution < 1.29 is 9.90 Å². The van der Waals surface area contributed by atoms with Crippen molar-refractivity contribution in [1.29, 1.82) is 0 Å². The van der Waals surface area contributed by atoms with Crippen LogP contribution in [0.15, 0.2) is 0 Å². The molecule has 0 heterocycles. The Labute approximate surface area is 154 Å². The van der Waals surface area contributed by atoms with Crippen molar-refractivity contribution in [2.75, 3.05) is 12.3 Å². The number of carboxylic acid groups (broad SMARTS) is 1. The molecule has 24 heavy (non-hydrogen) atoms. The fraction of sp³-hybridized carbons (Fsp3) is 0.952. The summed E-state index contributed by atoms with van der Waals surface area (Å²) in [6.07, 6.45) is 26.8. The monoisotopic (exact) mass is 360 g/mol. The Balaban J connectivity index is 0.